The summed E-state index contributed by atoms with van der Waals surface area (Å²) in [4.78, 5) is 11.6. The topological polar surface area (TPSA) is 30.7 Å². The lowest BCUT2D eigenvalue weighted by Crippen LogP contribution is -2.04. The van der Waals surface area contributed by atoms with Crippen molar-refractivity contribution in [2.24, 2.45) is 0 Å². The van der Waals surface area contributed by atoms with Crippen LogP contribution in [0.2, 0.25) is 0 Å². The van der Waals surface area contributed by atoms with Gasteiger partial charge in [-0.05, 0) is 79.2 Å². The molecule has 15 aromatic rings. The van der Waals surface area contributed by atoms with Crippen molar-refractivity contribution >= 4 is 139 Å². The maximum absolute atomic E-state index is 5.81. The zero-order valence-electron chi connectivity index (χ0n) is 34.7. The standard InChI is InChI=1S/C60H33N3S2/c1-2-16-37-34(14-1)15-13-25-44(37)56-55-41-20-5-3-17-38(41)39-18-4-8-23-45(39)57(55)62-60(61-56)63-49-26-11-9-24-46(49)53-42-21-6-7-22-43(42)54-47-30-28-36(33-52(47)65-59(54)58(53)63)35-29-31-51-48(32-35)40-19-10-12-27-50(40)64-51/h1-33H. The van der Waals surface area contributed by atoms with E-state index < -0.39 is 0 Å². The first-order chi connectivity index (χ1) is 32.2. The Labute approximate surface area is 379 Å². The molecule has 11 aromatic carbocycles. The Balaban J connectivity index is 1.09. The van der Waals surface area contributed by atoms with Gasteiger partial charge in [-0.25, -0.2) is 9.97 Å². The number of benzene rings is 11. The normalized spacial score (nSPS) is 12.3. The van der Waals surface area contributed by atoms with Gasteiger partial charge in [0.2, 0.25) is 5.95 Å². The largest absolute Gasteiger partial charge is 0.276 e. The molecule has 300 valence electrons. The van der Waals surface area contributed by atoms with Gasteiger partial charge in [0.15, 0.2) is 0 Å². The Bertz CT molecular complexity index is 4550. The van der Waals surface area contributed by atoms with E-state index in [1.54, 1.807) is 0 Å². The summed E-state index contributed by atoms with van der Waals surface area (Å²) in [6.07, 6.45) is 0. The van der Waals surface area contributed by atoms with Crippen molar-refractivity contribution in [1.29, 1.82) is 0 Å². The van der Waals surface area contributed by atoms with Gasteiger partial charge in [0, 0.05) is 62.8 Å². The van der Waals surface area contributed by atoms with Crippen molar-refractivity contribution in [3.05, 3.63) is 200 Å². The number of aromatic nitrogens is 3. The van der Waals surface area contributed by atoms with Crippen molar-refractivity contribution < 1.29 is 0 Å². The Morgan fingerprint density at radius 3 is 1.78 bits per heavy atom. The Morgan fingerprint density at radius 2 is 0.954 bits per heavy atom. The second-order valence-electron chi connectivity index (χ2n) is 17.2. The van der Waals surface area contributed by atoms with Gasteiger partial charge in [-0.3, -0.25) is 4.57 Å². The van der Waals surface area contributed by atoms with Gasteiger partial charge in [-0.1, -0.05) is 170 Å². The van der Waals surface area contributed by atoms with Crippen molar-refractivity contribution in [3.63, 3.8) is 0 Å². The molecule has 0 aliphatic carbocycles. The van der Waals surface area contributed by atoms with Crippen LogP contribution in [0.3, 0.4) is 0 Å². The molecule has 0 unspecified atom stereocenters. The van der Waals surface area contributed by atoms with Gasteiger partial charge in [0.25, 0.3) is 0 Å². The van der Waals surface area contributed by atoms with Gasteiger partial charge in [0.05, 0.1) is 26.9 Å². The molecule has 0 saturated carbocycles. The number of thiophene rings is 2. The average Bonchev–Trinajstić information content (AvgIpc) is 4.06. The maximum Gasteiger partial charge on any atom is 0.235 e. The number of hydrogen-bond donors (Lipinski definition) is 0. The first kappa shape index (κ1) is 35.5. The first-order valence-electron chi connectivity index (χ1n) is 22.1. The Hall–Kier alpha value is -7.96. The lowest BCUT2D eigenvalue weighted by molar-refractivity contribution is 1.02. The van der Waals surface area contributed by atoms with Gasteiger partial charge >= 0.3 is 0 Å². The molecular weight excluding hydrogens is 827 g/mol. The van der Waals surface area contributed by atoms with E-state index in [2.05, 4.69) is 205 Å². The fraction of sp³-hybridized carbons (Fsp3) is 0. The van der Waals surface area contributed by atoms with Crippen LogP contribution in [0.4, 0.5) is 0 Å². The smallest absolute Gasteiger partial charge is 0.235 e. The van der Waals surface area contributed by atoms with Crippen LogP contribution in [0.1, 0.15) is 0 Å². The molecule has 5 heteroatoms. The third-order valence-corrected chi connectivity index (χ3v) is 16.1. The number of rotatable bonds is 3. The number of hydrogen-bond acceptors (Lipinski definition) is 4. The van der Waals surface area contributed by atoms with E-state index in [0.29, 0.717) is 5.95 Å². The second kappa shape index (κ2) is 13.3. The van der Waals surface area contributed by atoms with Crippen LogP contribution >= 0.6 is 22.7 Å². The summed E-state index contributed by atoms with van der Waals surface area (Å²) in [5.74, 6) is 0.665. The molecular formula is C60H33N3S2. The minimum Gasteiger partial charge on any atom is -0.276 e. The molecule has 15 rings (SSSR count). The van der Waals surface area contributed by atoms with Gasteiger partial charge in [0.1, 0.15) is 0 Å². The Kier molecular flexibility index (Phi) is 7.26. The fourth-order valence-corrected chi connectivity index (χ4v) is 13.3. The van der Waals surface area contributed by atoms with E-state index in [1.165, 1.54) is 94.6 Å². The summed E-state index contributed by atoms with van der Waals surface area (Å²) in [6, 6.07) is 73.4. The predicted molar refractivity (Wildman–Crippen MR) is 281 cm³/mol. The molecule has 0 saturated heterocycles. The molecule has 0 bridgehead atoms. The summed E-state index contributed by atoms with van der Waals surface area (Å²) in [5.41, 5.74) is 7.66. The SMILES string of the molecule is c1ccc2c(-c3nc(-n4c5ccccc5c5c6ccccc6c6c7ccc(-c8ccc9sc%10ccccc%10c9c8)cc7sc6c54)nc4c5ccccc5c5ccccc5c34)cccc2c1. The lowest BCUT2D eigenvalue weighted by Gasteiger charge is -2.17. The van der Waals surface area contributed by atoms with Crippen molar-refractivity contribution in [2.75, 3.05) is 0 Å². The fourth-order valence-electron chi connectivity index (χ4n) is 11.0. The molecule has 65 heavy (non-hydrogen) atoms. The van der Waals surface area contributed by atoms with Crippen molar-refractivity contribution in [3.8, 4) is 28.3 Å². The monoisotopic (exact) mass is 859 g/mol. The molecule has 3 nitrogen and oxygen atoms in total. The summed E-state index contributed by atoms with van der Waals surface area (Å²) in [5, 5.41) is 18.1. The highest BCUT2D eigenvalue weighted by molar-refractivity contribution is 7.27. The van der Waals surface area contributed by atoms with Gasteiger partial charge in [-0.2, -0.15) is 0 Å². The van der Waals surface area contributed by atoms with E-state index in [0.717, 1.165) is 44.0 Å². The van der Waals surface area contributed by atoms with Gasteiger partial charge in [-0.15, -0.1) is 22.7 Å². The molecule has 0 radical (unpaired) electrons. The molecule has 0 fully saturated rings. The summed E-state index contributed by atoms with van der Waals surface area (Å²) >= 11 is 3.75. The third kappa shape index (κ3) is 4.94. The van der Waals surface area contributed by atoms with Crippen molar-refractivity contribution in [2.45, 2.75) is 0 Å². The quantitative estimate of drug-likeness (QED) is 0.166. The predicted octanol–water partition coefficient (Wildman–Crippen LogP) is 17.4. The molecule has 0 atom stereocenters. The van der Waals surface area contributed by atoms with Crippen molar-refractivity contribution in [1.82, 2.24) is 14.5 Å². The molecule has 0 aliphatic heterocycles. The minimum absolute atomic E-state index is 0.665. The Morgan fingerprint density at radius 1 is 0.354 bits per heavy atom. The molecule has 0 aliphatic rings. The zero-order chi connectivity index (χ0) is 42.3. The molecule has 0 N–H and O–H groups in total. The highest BCUT2D eigenvalue weighted by Crippen LogP contribution is 2.49. The van der Waals surface area contributed by atoms with E-state index >= 15 is 0 Å². The van der Waals surface area contributed by atoms with E-state index in [1.807, 2.05) is 22.7 Å². The lowest BCUT2D eigenvalue weighted by atomic mass is 9.93. The van der Waals surface area contributed by atoms with Crippen LogP contribution < -0.4 is 0 Å². The second-order valence-corrected chi connectivity index (χ2v) is 19.3. The highest BCUT2D eigenvalue weighted by Gasteiger charge is 2.25. The average molecular weight is 860 g/mol. The number of para-hydroxylation sites is 1. The molecule has 4 heterocycles. The van der Waals surface area contributed by atoms with E-state index in [4.69, 9.17) is 9.97 Å². The van der Waals surface area contributed by atoms with Crippen LogP contribution in [-0.2, 0) is 0 Å². The first-order valence-corrected chi connectivity index (χ1v) is 23.7. The maximum atomic E-state index is 5.81. The van der Waals surface area contributed by atoms with E-state index in [-0.39, 0.29) is 0 Å². The van der Waals surface area contributed by atoms with E-state index in [9.17, 15) is 0 Å². The van der Waals surface area contributed by atoms with Crippen LogP contribution in [0.5, 0.6) is 0 Å². The molecule has 0 spiro atoms. The molecule has 4 aromatic heterocycles. The van der Waals surface area contributed by atoms with Crippen LogP contribution in [-0.4, -0.2) is 14.5 Å². The minimum atomic E-state index is 0.665. The third-order valence-electron chi connectivity index (χ3n) is 13.8. The summed E-state index contributed by atoms with van der Waals surface area (Å²) < 4.78 is 7.52. The summed E-state index contributed by atoms with van der Waals surface area (Å²) in [7, 11) is 0. The van der Waals surface area contributed by atoms with Crippen LogP contribution in [0.25, 0.3) is 144 Å². The zero-order valence-corrected chi connectivity index (χ0v) is 36.3. The summed E-state index contributed by atoms with van der Waals surface area (Å²) in [6.45, 7) is 0. The van der Waals surface area contributed by atoms with Gasteiger partial charge < -0.3 is 0 Å². The molecule has 0 amide bonds. The number of fused-ring (bicyclic) bond motifs is 20. The van der Waals surface area contributed by atoms with Crippen LogP contribution in [0.15, 0.2) is 200 Å². The highest BCUT2D eigenvalue weighted by atomic mass is 32.1. The number of nitrogens with zero attached hydrogens (tertiary/aromatic N) is 3. The van der Waals surface area contributed by atoms with Crippen LogP contribution in [0, 0.1) is 0 Å².